The molecule has 20 heavy (non-hydrogen) atoms. The highest BCUT2D eigenvalue weighted by Crippen LogP contribution is 2.29. The van der Waals surface area contributed by atoms with E-state index in [2.05, 4.69) is 5.32 Å². The molecule has 0 bridgehead atoms. The number of ether oxygens (including phenoxy) is 1. The molecule has 1 aromatic rings. The van der Waals surface area contributed by atoms with Crippen LogP contribution in [0.25, 0.3) is 0 Å². The van der Waals surface area contributed by atoms with Gasteiger partial charge in [0.15, 0.2) is 0 Å². The minimum Gasteiger partial charge on any atom is -0.369 e. The topological polar surface area (TPSA) is 41.6 Å². The van der Waals surface area contributed by atoms with E-state index in [1.165, 1.54) is 0 Å². The third-order valence-electron chi connectivity index (χ3n) is 3.33. The summed E-state index contributed by atoms with van der Waals surface area (Å²) >= 11 is 6.19. The number of nitrogens with zero attached hydrogens (tertiary/aromatic N) is 1. The highest BCUT2D eigenvalue weighted by atomic mass is 35.5. The van der Waals surface area contributed by atoms with Crippen LogP contribution in [0.5, 0.6) is 0 Å². The van der Waals surface area contributed by atoms with Gasteiger partial charge in [0, 0.05) is 10.6 Å². The van der Waals surface area contributed by atoms with E-state index in [0.717, 1.165) is 5.56 Å². The fourth-order valence-corrected chi connectivity index (χ4v) is 2.54. The minimum absolute atomic E-state index is 0. The van der Waals surface area contributed by atoms with Crippen LogP contribution in [-0.2, 0) is 9.53 Å². The molecule has 0 aromatic heterocycles. The van der Waals surface area contributed by atoms with Crippen LogP contribution in [0.2, 0.25) is 5.02 Å². The number of likely N-dealkylation sites (N-methyl/N-ethyl adjacent to an activating group) is 1. The second kappa shape index (κ2) is 7.84. The minimum atomic E-state index is -0.147. The second-order valence-electron chi connectivity index (χ2n) is 4.77. The van der Waals surface area contributed by atoms with Gasteiger partial charge in [-0.2, -0.15) is 0 Å². The number of rotatable bonds is 3. The molecule has 0 spiro atoms. The lowest BCUT2D eigenvalue weighted by molar-refractivity contribution is -0.143. The number of hydrogen-bond donors (Lipinski definition) is 1. The van der Waals surface area contributed by atoms with Crippen molar-refractivity contribution in [3.63, 3.8) is 0 Å². The van der Waals surface area contributed by atoms with Crippen molar-refractivity contribution in [1.29, 1.82) is 0 Å². The summed E-state index contributed by atoms with van der Waals surface area (Å²) in [4.78, 5) is 13.9. The zero-order valence-corrected chi connectivity index (χ0v) is 13.2. The van der Waals surface area contributed by atoms with Gasteiger partial charge >= 0.3 is 0 Å². The number of nitrogens with one attached hydrogen (secondary N) is 1. The molecule has 112 valence electrons. The van der Waals surface area contributed by atoms with Crippen LogP contribution in [0, 0.1) is 0 Å². The summed E-state index contributed by atoms with van der Waals surface area (Å²) in [6.07, 6.45) is -0.147. The molecular weight excluding hydrogens is 299 g/mol. The third-order valence-corrected chi connectivity index (χ3v) is 3.68. The maximum absolute atomic E-state index is 12.0. The summed E-state index contributed by atoms with van der Waals surface area (Å²) in [7, 11) is 1.77. The monoisotopic (exact) mass is 318 g/mol. The van der Waals surface area contributed by atoms with E-state index >= 15 is 0 Å². The molecule has 1 aliphatic heterocycles. The number of morpholine rings is 1. The number of amides is 1. The van der Waals surface area contributed by atoms with Crippen LogP contribution in [0.1, 0.15) is 18.6 Å². The molecule has 4 nitrogen and oxygen atoms in total. The molecule has 2 unspecified atom stereocenters. The summed E-state index contributed by atoms with van der Waals surface area (Å²) in [5.74, 6) is 0.0929. The summed E-state index contributed by atoms with van der Waals surface area (Å²) in [6.45, 7) is 3.42. The van der Waals surface area contributed by atoms with Crippen LogP contribution in [-0.4, -0.2) is 43.6 Å². The average molecular weight is 319 g/mol. The van der Waals surface area contributed by atoms with E-state index < -0.39 is 0 Å². The van der Waals surface area contributed by atoms with Crippen LogP contribution >= 0.6 is 24.0 Å². The van der Waals surface area contributed by atoms with Gasteiger partial charge in [-0.1, -0.05) is 29.8 Å². The highest BCUT2D eigenvalue weighted by Gasteiger charge is 2.30. The smallest absolute Gasteiger partial charge is 0.236 e. The summed E-state index contributed by atoms with van der Waals surface area (Å²) < 4.78 is 5.82. The Morgan fingerprint density at radius 3 is 2.85 bits per heavy atom. The van der Waals surface area contributed by atoms with E-state index in [1.807, 2.05) is 36.1 Å². The zero-order chi connectivity index (χ0) is 13.8. The maximum Gasteiger partial charge on any atom is 0.236 e. The Kier molecular flexibility index (Phi) is 6.76. The van der Waals surface area contributed by atoms with E-state index in [-0.39, 0.29) is 30.5 Å². The SMILES string of the molecule is CNCC(=O)N1CC(c2ccccc2Cl)OCC1C.Cl. The van der Waals surface area contributed by atoms with Crippen LogP contribution < -0.4 is 5.32 Å². The predicted octanol–water partition coefficient (Wildman–Crippen LogP) is 2.27. The largest absolute Gasteiger partial charge is 0.369 e. The fraction of sp³-hybridized carbons (Fsp3) is 0.500. The summed E-state index contributed by atoms with van der Waals surface area (Å²) in [5.41, 5.74) is 0.943. The van der Waals surface area contributed by atoms with E-state index in [4.69, 9.17) is 16.3 Å². The van der Waals surface area contributed by atoms with Crippen molar-refractivity contribution in [2.75, 3.05) is 26.7 Å². The van der Waals surface area contributed by atoms with E-state index in [1.54, 1.807) is 7.05 Å². The second-order valence-corrected chi connectivity index (χ2v) is 5.18. The lowest BCUT2D eigenvalue weighted by atomic mass is 10.1. The first-order valence-corrected chi connectivity index (χ1v) is 6.81. The lowest BCUT2D eigenvalue weighted by Crippen LogP contribution is -2.50. The Morgan fingerprint density at radius 1 is 1.50 bits per heavy atom. The van der Waals surface area contributed by atoms with E-state index in [9.17, 15) is 4.79 Å². The van der Waals surface area contributed by atoms with Gasteiger partial charge in [0.25, 0.3) is 0 Å². The molecule has 6 heteroatoms. The van der Waals surface area contributed by atoms with Gasteiger partial charge in [-0.15, -0.1) is 12.4 Å². The van der Waals surface area contributed by atoms with Gasteiger partial charge in [0.1, 0.15) is 6.10 Å². The van der Waals surface area contributed by atoms with Gasteiger partial charge in [0.2, 0.25) is 5.91 Å². The lowest BCUT2D eigenvalue weighted by Gasteiger charge is -2.38. The van der Waals surface area contributed by atoms with Crippen molar-refractivity contribution >= 4 is 29.9 Å². The van der Waals surface area contributed by atoms with Crippen molar-refractivity contribution < 1.29 is 9.53 Å². The number of carbonyl (C=O) groups is 1. The van der Waals surface area contributed by atoms with Crippen molar-refractivity contribution in [2.45, 2.75) is 19.1 Å². The molecule has 2 rings (SSSR count). The molecule has 1 aromatic carbocycles. The molecule has 1 N–H and O–H groups in total. The maximum atomic E-state index is 12.0. The van der Waals surface area contributed by atoms with Crippen molar-refractivity contribution in [1.82, 2.24) is 10.2 Å². The van der Waals surface area contributed by atoms with Crippen molar-refractivity contribution in [3.8, 4) is 0 Å². The summed E-state index contributed by atoms with van der Waals surface area (Å²) in [5, 5.41) is 3.58. The Morgan fingerprint density at radius 2 is 2.20 bits per heavy atom. The quantitative estimate of drug-likeness (QED) is 0.929. The highest BCUT2D eigenvalue weighted by molar-refractivity contribution is 6.31. The van der Waals surface area contributed by atoms with Crippen LogP contribution in [0.4, 0.5) is 0 Å². The van der Waals surface area contributed by atoms with Gasteiger partial charge in [0.05, 0.1) is 25.7 Å². The van der Waals surface area contributed by atoms with Gasteiger partial charge in [-0.25, -0.2) is 0 Å². The molecule has 1 heterocycles. The Labute approximate surface area is 130 Å². The fourth-order valence-electron chi connectivity index (χ4n) is 2.28. The molecule has 2 atom stereocenters. The van der Waals surface area contributed by atoms with Gasteiger partial charge in [-0.3, -0.25) is 4.79 Å². The number of carbonyl (C=O) groups excluding carboxylic acids is 1. The first-order valence-electron chi connectivity index (χ1n) is 6.43. The van der Waals surface area contributed by atoms with E-state index in [0.29, 0.717) is 24.7 Å². The van der Waals surface area contributed by atoms with Gasteiger partial charge in [-0.05, 0) is 20.0 Å². The number of halogens is 2. The third kappa shape index (κ3) is 3.85. The first-order chi connectivity index (χ1) is 9.13. The molecule has 0 saturated carbocycles. The normalized spacial score (nSPS) is 22.2. The summed E-state index contributed by atoms with van der Waals surface area (Å²) in [6, 6.07) is 7.71. The number of benzene rings is 1. The Bertz CT molecular complexity index is 457. The van der Waals surface area contributed by atoms with Crippen LogP contribution in [0.3, 0.4) is 0 Å². The molecule has 1 amide bonds. The average Bonchev–Trinajstić information content (AvgIpc) is 2.40. The van der Waals surface area contributed by atoms with Crippen molar-refractivity contribution in [3.05, 3.63) is 34.9 Å². The zero-order valence-electron chi connectivity index (χ0n) is 11.6. The molecule has 1 aliphatic rings. The molecular formula is C14H20Cl2N2O2. The molecule has 1 saturated heterocycles. The first kappa shape index (κ1) is 17.2. The Balaban J connectivity index is 0.00000200. The molecule has 0 aliphatic carbocycles. The Hall–Kier alpha value is -0.810. The molecule has 0 radical (unpaired) electrons. The number of hydrogen-bond acceptors (Lipinski definition) is 3. The van der Waals surface area contributed by atoms with Crippen molar-refractivity contribution in [2.24, 2.45) is 0 Å². The molecule has 1 fully saturated rings. The standard InChI is InChI=1S/C14H19ClN2O2.ClH/c1-10-9-19-13(8-17(10)14(18)7-16-2)11-5-3-4-6-12(11)15;/h3-6,10,13,16H,7-9H2,1-2H3;1H. The predicted molar refractivity (Wildman–Crippen MR) is 82.5 cm³/mol. The van der Waals surface area contributed by atoms with Crippen LogP contribution in [0.15, 0.2) is 24.3 Å². The van der Waals surface area contributed by atoms with Gasteiger partial charge < -0.3 is 15.0 Å².